The van der Waals surface area contributed by atoms with Crippen LogP contribution in [0.25, 0.3) is 10.2 Å². The minimum absolute atomic E-state index is 0.571. The van der Waals surface area contributed by atoms with Crippen LogP contribution in [-0.2, 0) is 0 Å². The van der Waals surface area contributed by atoms with E-state index in [-0.39, 0.29) is 0 Å². The van der Waals surface area contributed by atoms with Gasteiger partial charge in [0.05, 0.1) is 22.8 Å². The zero-order valence-electron chi connectivity index (χ0n) is 11.7. The molecule has 108 valence electrons. The van der Waals surface area contributed by atoms with E-state index in [0.717, 1.165) is 29.2 Å². The van der Waals surface area contributed by atoms with Crippen molar-refractivity contribution in [1.29, 1.82) is 0 Å². The van der Waals surface area contributed by atoms with Crippen LogP contribution in [0.2, 0.25) is 0 Å². The van der Waals surface area contributed by atoms with Gasteiger partial charge in [0.2, 0.25) is 0 Å². The number of fused-ring (bicyclic) bond motifs is 1. The number of hydrogen-bond donors (Lipinski definition) is 1. The third-order valence-corrected chi connectivity index (χ3v) is 3.88. The molecule has 0 bridgehead atoms. The number of hydrogen-bond acceptors (Lipinski definition) is 5. The van der Waals surface area contributed by atoms with Gasteiger partial charge in [-0.1, -0.05) is 12.1 Å². The fourth-order valence-electron chi connectivity index (χ4n) is 2.06. The normalized spacial score (nSPS) is 10.5. The molecule has 0 fully saturated rings. The molecule has 0 aliphatic carbocycles. The number of ether oxygens (including phenoxy) is 2. The van der Waals surface area contributed by atoms with E-state index in [1.165, 1.54) is 4.70 Å². The SMILES string of the molecule is COc1ccccc1OCCNc1ccc2ncsc2c1. The summed E-state index contributed by atoms with van der Waals surface area (Å²) in [6.45, 7) is 1.30. The maximum absolute atomic E-state index is 5.72. The van der Waals surface area contributed by atoms with E-state index in [1.54, 1.807) is 18.4 Å². The molecule has 0 aliphatic rings. The molecule has 0 amide bonds. The molecule has 0 saturated heterocycles. The fourth-order valence-corrected chi connectivity index (χ4v) is 2.78. The maximum Gasteiger partial charge on any atom is 0.161 e. The molecule has 0 aliphatic heterocycles. The number of anilines is 1. The summed E-state index contributed by atoms with van der Waals surface area (Å²) in [7, 11) is 1.64. The number of aromatic nitrogens is 1. The standard InChI is InChI=1S/C16H16N2O2S/c1-19-14-4-2-3-5-15(14)20-9-8-17-12-6-7-13-16(10-12)21-11-18-13/h2-7,10-11,17H,8-9H2,1H3. The van der Waals surface area contributed by atoms with Crippen LogP contribution in [0.1, 0.15) is 0 Å². The Morgan fingerprint density at radius 2 is 2.00 bits per heavy atom. The van der Waals surface area contributed by atoms with E-state index in [4.69, 9.17) is 9.47 Å². The Hall–Kier alpha value is -2.27. The molecule has 3 rings (SSSR count). The van der Waals surface area contributed by atoms with Crippen LogP contribution in [-0.4, -0.2) is 25.2 Å². The first-order valence-corrected chi connectivity index (χ1v) is 7.58. The largest absolute Gasteiger partial charge is 0.493 e. The summed E-state index contributed by atoms with van der Waals surface area (Å²) in [5.74, 6) is 1.52. The molecule has 5 heteroatoms. The molecule has 1 N–H and O–H groups in total. The highest BCUT2D eigenvalue weighted by Crippen LogP contribution is 2.25. The third kappa shape index (κ3) is 3.25. The molecule has 0 spiro atoms. The van der Waals surface area contributed by atoms with Crippen LogP contribution < -0.4 is 14.8 Å². The highest BCUT2D eigenvalue weighted by molar-refractivity contribution is 7.16. The van der Waals surface area contributed by atoms with Gasteiger partial charge >= 0.3 is 0 Å². The first-order valence-electron chi connectivity index (χ1n) is 6.70. The van der Waals surface area contributed by atoms with E-state index >= 15 is 0 Å². The van der Waals surface area contributed by atoms with Crippen LogP contribution >= 0.6 is 11.3 Å². The number of nitrogens with zero attached hydrogens (tertiary/aromatic N) is 1. The van der Waals surface area contributed by atoms with Gasteiger partial charge in [0.15, 0.2) is 11.5 Å². The van der Waals surface area contributed by atoms with Crippen LogP contribution in [0.15, 0.2) is 48.0 Å². The molecule has 3 aromatic rings. The van der Waals surface area contributed by atoms with Gasteiger partial charge in [-0.25, -0.2) is 4.98 Å². The summed E-state index contributed by atoms with van der Waals surface area (Å²) in [5.41, 5.74) is 3.98. The third-order valence-electron chi connectivity index (χ3n) is 3.09. The Labute approximate surface area is 127 Å². The van der Waals surface area contributed by atoms with Crippen LogP contribution in [0, 0.1) is 0 Å². The highest BCUT2D eigenvalue weighted by atomic mass is 32.1. The van der Waals surface area contributed by atoms with E-state index in [1.807, 2.05) is 41.9 Å². The van der Waals surface area contributed by atoms with Gasteiger partial charge in [0.1, 0.15) is 6.61 Å². The number of rotatable bonds is 6. The van der Waals surface area contributed by atoms with Crippen molar-refractivity contribution in [2.75, 3.05) is 25.6 Å². The van der Waals surface area contributed by atoms with Crippen molar-refractivity contribution in [2.24, 2.45) is 0 Å². The lowest BCUT2D eigenvalue weighted by atomic mass is 10.3. The van der Waals surface area contributed by atoms with E-state index < -0.39 is 0 Å². The molecule has 0 atom stereocenters. The van der Waals surface area contributed by atoms with Crippen molar-refractivity contribution >= 4 is 27.2 Å². The lowest BCUT2D eigenvalue weighted by Crippen LogP contribution is -2.11. The van der Waals surface area contributed by atoms with Crippen molar-refractivity contribution in [1.82, 2.24) is 4.98 Å². The zero-order chi connectivity index (χ0) is 14.5. The van der Waals surface area contributed by atoms with Gasteiger partial charge in [0.25, 0.3) is 0 Å². The Morgan fingerprint density at radius 3 is 2.86 bits per heavy atom. The van der Waals surface area contributed by atoms with Gasteiger partial charge < -0.3 is 14.8 Å². The van der Waals surface area contributed by atoms with Gasteiger partial charge in [0, 0.05) is 12.2 Å². The molecule has 2 aromatic carbocycles. The number of thiazole rings is 1. The molecular formula is C16H16N2O2S. The molecule has 1 aromatic heterocycles. The van der Waals surface area contributed by atoms with Crippen molar-refractivity contribution < 1.29 is 9.47 Å². The molecular weight excluding hydrogens is 284 g/mol. The van der Waals surface area contributed by atoms with Crippen molar-refractivity contribution in [3.8, 4) is 11.5 Å². The summed E-state index contributed by atoms with van der Waals surface area (Å²) in [4.78, 5) is 4.27. The lowest BCUT2D eigenvalue weighted by molar-refractivity contribution is 0.306. The summed E-state index contributed by atoms with van der Waals surface area (Å²) < 4.78 is 12.2. The zero-order valence-corrected chi connectivity index (χ0v) is 12.5. The van der Waals surface area contributed by atoms with Gasteiger partial charge in [-0.3, -0.25) is 0 Å². The lowest BCUT2D eigenvalue weighted by Gasteiger charge is -2.11. The summed E-state index contributed by atoms with van der Waals surface area (Å²) in [5, 5.41) is 3.35. The van der Waals surface area contributed by atoms with Crippen LogP contribution in [0.3, 0.4) is 0 Å². The average molecular weight is 300 g/mol. The summed E-state index contributed by atoms with van der Waals surface area (Å²) in [6, 6.07) is 13.8. The number of para-hydroxylation sites is 2. The molecule has 0 unspecified atom stereocenters. The fraction of sp³-hybridized carbons (Fsp3) is 0.188. The minimum atomic E-state index is 0.571. The van der Waals surface area contributed by atoms with Gasteiger partial charge in [-0.05, 0) is 30.3 Å². The second-order valence-electron chi connectivity index (χ2n) is 4.46. The number of benzene rings is 2. The average Bonchev–Trinajstić information content (AvgIpc) is 2.99. The van der Waals surface area contributed by atoms with Crippen molar-refractivity contribution in [2.45, 2.75) is 0 Å². The number of nitrogens with one attached hydrogen (secondary N) is 1. The Balaban J connectivity index is 1.54. The monoisotopic (exact) mass is 300 g/mol. The molecule has 4 nitrogen and oxygen atoms in total. The summed E-state index contributed by atoms with van der Waals surface area (Å²) in [6.07, 6.45) is 0. The van der Waals surface area contributed by atoms with E-state index in [9.17, 15) is 0 Å². The van der Waals surface area contributed by atoms with Crippen LogP contribution in [0.5, 0.6) is 11.5 Å². The van der Waals surface area contributed by atoms with E-state index in [2.05, 4.69) is 16.4 Å². The number of methoxy groups -OCH3 is 1. The van der Waals surface area contributed by atoms with Crippen molar-refractivity contribution in [3.05, 3.63) is 48.0 Å². The van der Waals surface area contributed by atoms with Crippen LogP contribution in [0.4, 0.5) is 5.69 Å². The van der Waals surface area contributed by atoms with Gasteiger partial charge in [-0.2, -0.15) is 0 Å². The Bertz CT molecular complexity index is 727. The summed E-state index contributed by atoms with van der Waals surface area (Å²) >= 11 is 1.64. The molecule has 21 heavy (non-hydrogen) atoms. The molecule has 0 radical (unpaired) electrons. The molecule has 0 saturated carbocycles. The maximum atomic E-state index is 5.72. The minimum Gasteiger partial charge on any atom is -0.493 e. The highest BCUT2D eigenvalue weighted by Gasteiger charge is 2.02. The topological polar surface area (TPSA) is 43.4 Å². The predicted molar refractivity (Wildman–Crippen MR) is 86.6 cm³/mol. The van der Waals surface area contributed by atoms with Gasteiger partial charge in [-0.15, -0.1) is 11.3 Å². The first kappa shape index (κ1) is 13.7. The molecule has 1 heterocycles. The Morgan fingerprint density at radius 1 is 1.14 bits per heavy atom. The second kappa shape index (κ2) is 6.45. The first-order chi connectivity index (χ1) is 10.4. The second-order valence-corrected chi connectivity index (χ2v) is 5.35. The van der Waals surface area contributed by atoms with E-state index in [0.29, 0.717) is 6.61 Å². The van der Waals surface area contributed by atoms with Crippen molar-refractivity contribution in [3.63, 3.8) is 0 Å². The predicted octanol–water partition coefficient (Wildman–Crippen LogP) is 3.80. The quantitative estimate of drug-likeness (QED) is 0.703. The Kier molecular flexibility index (Phi) is 4.21. The smallest absolute Gasteiger partial charge is 0.161 e.